The third-order valence-electron chi connectivity index (χ3n) is 3.67. The predicted octanol–water partition coefficient (Wildman–Crippen LogP) is 4.13. The van der Waals surface area contributed by atoms with Crippen molar-refractivity contribution in [3.05, 3.63) is 65.4 Å². The van der Waals surface area contributed by atoms with Crippen LogP contribution in [0.3, 0.4) is 0 Å². The van der Waals surface area contributed by atoms with Crippen LogP contribution >= 0.6 is 0 Å². The van der Waals surface area contributed by atoms with E-state index in [0.717, 1.165) is 11.3 Å². The van der Waals surface area contributed by atoms with E-state index in [0.29, 0.717) is 17.1 Å². The monoisotopic (exact) mass is 311 g/mol. The molecule has 0 amide bonds. The van der Waals surface area contributed by atoms with Crippen LogP contribution in [-0.2, 0) is 0 Å². The number of anilines is 1. The lowest BCUT2D eigenvalue weighted by Gasteiger charge is -2.10. The van der Waals surface area contributed by atoms with E-state index < -0.39 is 0 Å². The van der Waals surface area contributed by atoms with Crippen LogP contribution in [0.2, 0.25) is 0 Å². The Bertz CT molecular complexity index is 735. The third kappa shape index (κ3) is 4.13. The fraction of sp³-hybridized carbons (Fsp3) is 0.211. The molecule has 0 aromatic heterocycles. The highest BCUT2D eigenvalue weighted by molar-refractivity contribution is 6.04. The first-order chi connectivity index (χ1) is 11.0. The van der Waals surface area contributed by atoms with E-state index in [2.05, 4.69) is 5.32 Å². The van der Waals surface area contributed by atoms with Gasteiger partial charge in [0.15, 0.2) is 5.78 Å². The number of methoxy groups -OCH3 is 2. The molecular weight excluding hydrogens is 290 g/mol. The van der Waals surface area contributed by atoms with E-state index in [1.165, 1.54) is 11.6 Å². The van der Waals surface area contributed by atoms with Crippen LogP contribution in [0, 0.1) is 13.8 Å². The summed E-state index contributed by atoms with van der Waals surface area (Å²) in [5, 5.41) is 3.06. The van der Waals surface area contributed by atoms with Gasteiger partial charge in [0.25, 0.3) is 0 Å². The lowest BCUT2D eigenvalue weighted by molar-refractivity contribution is 0.104. The first-order valence-electron chi connectivity index (χ1n) is 7.32. The molecule has 0 fully saturated rings. The van der Waals surface area contributed by atoms with Gasteiger partial charge in [-0.3, -0.25) is 4.79 Å². The highest BCUT2D eigenvalue weighted by atomic mass is 16.5. The van der Waals surface area contributed by atoms with Crippen molar-refractivity contribution in [2.24, 2.45) is 0 Å². The van der Waals surface area contributed by atoms with Gasteiger partial charge in [-0.25, -0.2) is 0 Å². The number of carbonyl (C=O) groups is 1. The Hall–Kier alpha value is -2.75. The number of carbonyl (C=O) groups excluding carboxylic acids is 1. The summed E-state index contributed by atoms with van der Waals surface area (Å²) in [5.74, 6) is 1.33. The molecule has 0 saturated carbocycles. The number of hydrogen-bond donors (Lipinski definition) is 1. The van der Waals surface area contributed by atoms with Gasteiger partial charge >= 0.3 is 0 Å². The zero-order valence-corrected chi connectivity index (χ0v) is 13.8. The molecule has 2 aromatic carbocycles. The molecule has 0 heterocycles. The normalized spacial score (nSPS) is 10.6. The lowest BCUT2D eigenvalue weighted by Crippen LogP contribution is -1.99. The molecule has 0 aliphatic rings. The van der Waals surface area contributed by atoms with Crippen molar-refractivity contribution in [1.82, 2.24) is 0 Å². The van der Waals surface area contributed by atoms with E-state index in [4.69, 9.17) is 9.47 Å². The number of nitrogens with one attached hydrogen (secondary N) is 1. The molecule has 0 atom stereocenters. The minimum Gasteiger partial charge on any atom is -0.497 e. The van der Waals surface area contributed by atoms with E-state index >= 15 is 0 Å². The number of ether oxygens (including phenoxy) is 2. The summed E-state index contributed by atoms with van der Waals surface area (Å²) in [7, 11) is 3.20. The minimum absolute atomic E-state index is 0.0533. The molecular formula is C19H21NO3. The van der Waals surface area contributed by atoms with Crippen molar-refractivity contribution in [3.63, 3.8) is 0 Å². The molecule has 0 aliphatic carbocycles. The van der Waals surface area contributed by atoms with Gasteiger partial charge in [-0.2, -0.15) is 0 Å². The molecule has 0 aliphatic heterocycles. The molecule has 4 nitrogen and oxygen atoms in total. The number of ketones is 1. The second-order valence-corrected chi connectivity index (χ2v) is 5.21. The Morgan fingerprint density at radius 1 is 1.00 bits per heavy atom. The predicted molar refractivity (Wildman–Crippen MR) is 92.6 cm³/mol. The summed E-state index contributed by atoms with van der Waals surface area (Å²) in [5.41, 5.74) is 3.68. The van der Waals surface area contributed by atoms with Gasteiger partial charge in [-0.1, -0.05) is 12.1 Å². The first-order valence-corrected chi connectivity index (χ1v) is 7.32. The van der Waals surface area contributed by atoms with E-state index in [1.807, 2.05) is 44.2 Å². The van der Waals surface area contributed by atoms with Gasteiger partial charge in [0.05, 0.1) is 19.9 Å². The smallest absolute Gasteiger partial charge is 0.187 e. The van der Waals surface area contributed by atoms with Crippen molar-refractivity contribution >= 4 is 11.5 Å². The lowest BCUT2D eigenvalue weighted by atomic mass is 10.0. The van der Waals surface area contributed by atoms with E-state index in [1.54, 1.807) is 26.5 Å². The topological polar surface area (TPSA) is 47.6 Å². The van der Waals surface area contributed by atoms with Crippen molar-refractivity contribution in [3.8, 4) is 11.5 Å². The summed E-state index contributed by atoms with van der Waals surface area (Å²) in [6, 6.07) is 11.1. The molecule has 1 N–H and O–H groups in total. The van der Waals surface area contributed by atoms with Crippen molar-refractivity contribution in [2.75, 3.05) is 19.5 Å². The Kier molecular flexibility index (Phi) is 5.41. The molecule has 0 bridgehead atoms. The van der Waals surface area contributed by atoms with Gasteiger partial charge in [-0.05, 0) is 43.2 Å². The Morgan fingerprint density at radius 3 is 2.43 bits per heavy atom. The second kappa shape index (κ2) is 7.49. The van der Waals surface area contributed by atoms with Crippen LogP contribution in [0.4, 0.5) is 5.69 Å². The molecule has 23 heavy (non-hydrogen) atoms. The first kappa shape index (κ1) is 16.6. The minimum atomic E-state index is -0.0533. The Morgan fingerprint density at radius 2 is 1.78 bits per heavy atom. The number of benzene rings is 2. The molecule has 2 aromatic rings. The number of rotatable bonds is 6. The van der Waals surface area contributed by atoms with Gasteiger partial charge in [0.1, 0.15) is 11.5 Å². The molecule has 2 rings (SSSR count). The van der Waals surface area contributed by atoms with Gasteiger partial charge in [0.2, 0.25) is 0 Å². The Balaban J connectivity index is 2.11. The van der Waals surface area contributed by atoms with Crippen molar-refractivity contribution < 1.29 is 14.3 Å². The second-order valence-electron chi connectivity index (χ2n) is 5.21. The highest BCUT2D eigenvalue weighted by Gasteiger charge is 2.05. The maximum absolute atomic E-state index is 12.2. The zero-order valence-electron chi connectivity index (χ0n) is 13.8. The standard InChI is InChI=1S/C19H21NO3/c1-13-5-6-15(11-14(13)2)18(21)9-10-20-17-12-16(22-3)7-8-19(17)23-4/h5-12,20H,1-4H3/b10-9+. The van der Waals surface area contributed by atoms with Crippen LogP contribution in [0.15, 0.2) is 48.7 Å². The summed E-state index contributed by atoms with van der Waals surface area (Å²) in [6.07, 6.45) is 3.11. The quantitative estimate of drug-likeness (QED) is 0.643. The largest absolute Gasteiger partial charge is 0.497 e. The van der Waals surface area contributed by atoms with E-state index in [9.17, 15) is 4.79 Å². The Labute approximate surface area is 136 Å². The van der Waals surface area contributed by atoms with Gasteiger partial charge in [-0.15, -0.1) is 0 Å². The molecule has 0 unspecified atom stereocenters. The van der Waals surface area contributed by atoms with Crippen molar-refractivity contribution in [1.29, 1.82) is 0 Å². The van der Waals surface area contributed by atoms with Crippen LogP contribution in [0.25, 0.3) is 0 Å². The summed E-state index contributed by atoms with van der Waals surface area (Å²) < 4.78 is 10.5. The fourth-order valence-electron chi connectivity index (χ4n) is 2.12. The van der Waals surface area contributed by atoms with Crippen LogP contribution < -0.4 is 14.8 Å². The van der Waals surface area contributed by atoms with Crippen LogP contribution in [0.5, 0.6) is 11.5 Å². The molecule has 0 radical (unpaired) electrons. The van der Waals surface area contributed by atoms with Gasteiger partial charge in [0, 0.05) is 23.9 Å². The maximum atomic E-state index is 12.2. The molecule has 4 heteroatoms. The fourth-order valence-corrected chi connectivity index (χ4v) is 2.12. The third-order valence-corrected chi connectivity index (χ3v) is 3.67. The van der Waals surface area contributed by atoms with Crippen LogP contribution in [0.1, 0.15) is 21.5 Å². The summed E-state index contributed by atoms with van der Waals surface area (Å²) in [4.78, 5) is 12.2. The van der Waals surface area contributed by atoms with Crippen molar-refractivity contribution in [2.45, 2.75) is 13.8 Å². The number of aryl methyl sites for hydroxylation is 2. The highest BCUT2D eigenvalue weighted by Crippen LogP contribution is 2.28. The van der Waals surface area contributed by atoms with Crippen LogP contribution in [-0.4, -0.2) is 20.0 Å². The SMILES string of the molecule is COc1ccc(OC)c(N/C=C/C(=O)c2ccc(C)c(C)c2)c1. The zero-order chi connectivity index (χ0) is 16.8. The average Bonchev–Trinajstić information content (AvgIpc) is 2.57. The molecule has 120 valence electrons. The summed E-state index contributed by atoms with van der Waals surface area (Å²) in [6.45, 7) is 4.02. The number of allylic oxidation sites excluding steroid dienone is 1. The van der Waals surface area contributed by atoms with E-state index in [-0.39, 0.29) is 5.78 Å². The molecule has 0 saturated heterocycles. The van der Waals surface area contributed by atoms with Gasteiger partial charge < -0.3 is 14.8 Å². The average molecular weight is 311 g/mol. The number of hydrogen-bond acceptors (Lipinski definition) is 4. The maximum Gasteiger partial charge on any atom is 0.187 e. The molecule has 0 spiro atoms. The summed E-state index contributed by atoms with van der Waals surface area (Å²) >= 11 is 0.